The molecular formula is C29H42F3N5O4S. The molecule has 4 rings (SSSR count). The van der Waals surface area contributed by atoms with Gasteiger partial charge in [-0.05, 0) is 77.0 Å². The van der Waals surface area contributed by atoms with Gasteiger partial charge in [-0.3, -0.25) is 9.48 Å². The molecule has 2 aliphatic carbocycles. The number of alkyl halides is 3. The van der Waals surface area contributed by atoms with Crippen LogP contribution in [0.15, 0.2) is 12.3 Å². The minimum absolute atomic E-state index is 0.149. The number of sulfone groups is 1. The van der Waals surface area contributed by atoms with Gasteiger partial charge in [-0.2, -0.15) is 18.3 Å². The quantitative estimate of drug-likeness (QED) is 0.369. The van der Waals surface area contributed by atoms with Crippen molar-refractivity contribution >= 4 is 21.6 Å². The molecule has 0 bridgehead atoms. The van der Waals surface area contributed by atoms with Gasteiger partial charge in [-0.1, -0.05) is 0 Å². The topological polar surface area (TPSA) is 115 Å². The van der Waals surface area contributed by atoms with Crippen LogP contribution in [-0.2, 0) is 16.4 Å². The molecule has 2 heterocycles. The molecule has 9 nitrogen and oxygen atoms in total. The molecule has 2 saturated carbocycles. The number of aryl methyl sites for hydroxylation is 1. The zero-order valence-electron chi connectivity index (χ0n) is 24.8. The largest absolute Gasteiger partial charge is 0.496 e. The van der Waals surface area contributed by atoms with Crippen molar-refractivity contribution < 1.29 is 31.1 Å². The normalized spacial score (nSPS) is 23.4. The summed E-state index contributed by atoms with van der Waals surface area (Å²) in [6, 6.07) is 1.76. The lowest BCUT2D eigenvalue weighted by Gasteiger charge is -2.30. The Balaban J connectivity index is 1.40. The Morgan fingerprint density at radius 3 is 2.26 bits per heavy atom. The Bertz CT molecular complexity index is 1350. The van der Waals surface area contributed by atoms with Crippen LogP contribution in [0.2, 0.25) is 0 Å². The van der Waals surface area contributed by atoms with E-state index in [4.69, 9.17) is 4.74 Å². The van der Waals surface area contributed by atoms with E-state index < -0.39 is 21.9 Å². The lowest BCUT2D eigenvalue weighted by Crippen LogP contribution is -2.34. The molecule has 0 radical (unpaired) electrons. The van der Waals surface area contributed by atoms with Crippen LogP contribution in [0.5, 0.6) is 5.75 Å². The maximum atomic E-state index is 13.2. The first-order valence-electron chi connectivity index (χ1n) is 14.7. The number of nitrogens with zero attached hydrogens (tertiary/aromatic N) is 3. The highest BCUT2D eigenvalue weighted by molar-refractivity contribution is 7.91. The molecule has 2 aromatic heterocycles. The maximum absolute atomic E-state index is 13.2. The highest BCUT2D eigenvalue weighted by Crippen LogP contribution is 2.40. The molecule has 1 amide bonds. The van der Waals surface area contributed by atoms with E-state index >= 15 is 0 Å². The van der Waals surface area contributed by atoms with E-state index in [2.05, 4.69) is 20.7 Å². The van der Waals surface area contributed by atoms with Crippen molar-refractivity contribution in [3.63, 3.8) is 0 Å². The smallest absolute Gasteiger partial charge is 0.391 e. The number of rotatable bonds is 10. The number of halogens is 3. The molecule has 0 unspecified atom stereocenters. The van der Waals surface area contributed by atoms with Crippen LogP contribution in [-0.4, -0.2) is 67.0 Å². The van der Waals surface area contributed by atoms with Gasteiger partial charge >= 0.3 is 6.18 Å². The number of carbonyl (C=O) groups excluding carboxylic acids is 1. The summed E-state index contributed by atoms with van der Waals surface area (Å²) in [5.74, 6) is 0.000933. The number of pyridine rings is 1. The molecule has 2 fully saturated rings. The average Bonchev–Trinajstić information content (AvgIpc) is 3.30. The van der Waals surface area contributed by atoms with E-state index in [1.165, 1.54) is 6.26 Å². The molecule has 13 heteroatoms. The molecule has 0 atom stereocenters. The van der Waals surface area contributed by atoms with E-state index in [1.807, 2.05) is 13.8 Å². The van der Waals surface area contributed by atoms with Crippen LogP contribution in [0.4, 0.5) is 19.0 Å². The Kier molecular flexibility index (Phi) is 10.1. The van der Waals surface area contributed by atoms with E-state index in [0.29, 0.717) is 73.7 Å². The minimum Gasteiger partial charge on any atom is -0.496 e. The zero-order valence-corrected chi connectivity index (χ0v) is 25.6. The second-order valence-electron chi connectivity index (χ2n) is 11.7. The molecule has 0 aromatic carbocycles. The molecule has 2 aliphatic rings. The first-order chi connectivity index (χ1) is 19.8. The van der Waals surface area contributed by atoms with Crippen molar-refractivity contribution in [2.45, 2.75) is 83.2 Å². The van der Waals surface area contributed by atoms with Gasteiger partial charge in [-0.25, -0.2) is 13.4 Å². The fourth-order valence-corrected chi connectivity index (χ4v) is 7.37. The second kappa shape index (κ2) is 13.2. The van der Waals surface area contributed by atoms with Gasteiger partial charge in [0.05, 0.1) is 29.5 Å². The highest BCUT2D eigenvalue weighted by Gasteiger charge is 2.41. The number of amides is 1. The third kappa shape index (κ3) is 7.57. The molecule has 42 heavy (non-hydrogen) atoms. The first kappa shape index (κ1) is 32.1. The van der Waals surface area contributed by atoms with Crippen molar-refractivity contribution in [3.05, 3.63) is 23.5 Å². The molecule has 0 saturated heterocycles. The predicted molar refractivity (Wildman–Crippen MR) is 155 cm³/mol. The Hall–Kier alpha value is -2.83. The van der Waals surface area contributed by atoms with Crippen molar-refractivity contribution in [1.82, 2.24) is 20.1 Å². The Morgan fingerprint density at radius 1 is 1.07 bits per heavy atom. The molecule has 2 aromatic rings. The van der Waals surface area contributed by atoms with E-state index in [-0.39, 0.29) is 35.8 Å². The standard InChI is InChI=1S/C29H42F3N5O4S/c1-5-37-27(18(2)26(36-37)28(38)35-16-20-8-12-22(13-9-20)42(4,39)40)23-17-34-25(14-24(23)41-3)33-15-19-6-10-21(11-7-19)29(30,31)32/h14,17,19-22H,5-13,15-16H2,1-4H3,(H,33,34)(H,35,38)/t19-,20-,21+,22-. The lowest BCUT2D eigenvalue weighted by molar-refractivity contribution is -0.183. The number of methoxy groups -OCH3 is 1. The number of hydrogen-bond acceptors (Lipinski definition) is 7. The van der Waals surface area contributed by atoms with E-state index in [1.54, 1.807) is 24.1 Å². The van der Waals surface area contributed by atoms with Gasteiger partial charge < -0.3 is 15.4 Å². The zero-order chi connectivity index (χ0) is 30.7. The first-order valence-corrected chi connectivity index (χ1v) is 16.7. The van der Waals surface area contributed by atoms with E-state index in [9.17, 15) is 26.4 Å². The number of ether oxygens (including phenoxy) is 1. The molecule has 0 spiro atoms. The van der Waals surface area contributed by atoms with Crippen LogP contribution in [0.25, 0.3) is 11.3 Å². The Labute approximate surface area is 245 Å². The fourth-order valence-electron chi connectivity index (χ4n) is 6.25. The Morgan fingerprint density at radius 2 is 1.69 bits per heavy atom. The van der Waals surface area contributed by atoms with Gasteiger partial charge in [0.2, 0.25) is 0 Å². The maximum Gasteiger partial charge on any atom is 0.391 e. The number of nitrogens with one attached hydrogen (secondary N) is 2. The monoisotopic (exact) mass is 613 g/mol. The summed E-state index contributed by atoms with van der Waals surface area (Å²) in [5, 5.41) is 10.5. The summed E-state index contributed by atoms with van der Waals surface area (Å²) in [6.45, 7) is 5.28. The summed E-state index contributed by atoms with van der Waals surface area (Å²) in [6.07, 6.45) is 2.93. The van der Waals surface area contributed by atoms with Crippen LogP contribution >= 0.6 is 0 Å². The fraction of sp³-hybridized carbons (Fsp3) is 0.690. The molecular weight excluding hydrogens is 571 g/mol. The van der Waals surface area contributed by atoms with Crippen LogP contribution in [0, 0.1) is 24.7 Å². The van der Waals surface area contributed by atoms with Crippen LogP contribution in [0.3, 0.4) is 0 Å². The van der Waals surface area contributed by atoms with Gasteiger partial charge in [0, 0.05) is 43.7 Å². The number of aromatic nitrogens is 3. The number of carbonyl (C=O) groups is 1. The third-order valence-electron chi connectivity index (χ3n) is 8.88. The summed E-state index contributed by atoms with van der Waals surface area (Å²) in [7, 11) is -1.49. The van der Waals surface area contributed by atoms with E-state index in [0.717, 1.165) is 18.5 Å². The molecule has 234 valence electrons. The summed E-state index contributed by atoms with van der Waals surface area (Å²) < 4.78 is 70.0. The summed E-state index contributed by atoms with van der Waals surface area (Å²) in [5.41, 5.74) is 2.41. The van der Waals surface area contributed by atoms with Gasteiger partial charge in [-0.15, -0.1) is 0 Å². The lowest BCUT2D eigenvalue weighted by atomic mass is 9.81. The van der Waals surface area contributed by atoms with Crippen LogP contribution < -0.4 is 15.4 Å². The summed E-state index contributed by atoms with van der Waals surface area (Å²) >= 11 is 0. The second-order valence-corrected chi connectivity index (χ2v) is 14.1. The number of anilines is 1. The van der Waals surface area contributed by atoms with Crippen molar-refractivity contribution in [1.29, 1.82) is 0 Å². The van der Waals surface area contributed by atoms with Gasteiger partial charge in [0.1, 0.15) is 21.4 Å². The number of hydrogen-bond donors (Lipinski definition) is 2. The minimum atomic E-state index is -4.12. The predicted octanol–water partition coefficient (Wildman–Crippen LogP) is 5.40. The van der Waals surface area contributed by atoms with Crippen molar-refractivity contribution in [2.75, 3.05) is 31.8 Å². The SMILES string of the molecule is CCn1nc(C(=O)NC[C@H]2CC[C@H](S(C)(=O)=O)CC2)c(C)c1-c1cnc(NC[C@H]2CC[C@@H](C(F)(F)F)CC2)cc1OC. The van der Waals surface area contributed by atoms with Gasteiger partial charge in [0.15, 0.2) is 5.69 Å². The molecule has 0 aliphatic heterocycles. The third-order valence-corrected chi connectivity index (χ3v) is 10.6. The summed E-state index contributed by atoms with van der Waals surface area (Å²) in [4.78, 5) is 17.7. The molecule has 2 N–H and O–H groups in total. The van der Waals surface area contributed by atoms with Crippen molar-refractivity contribution in [2.24, 2.45) is 17.8 Å². The average molecular weight is 614 g/mol. The van der Waals surface area contributed by atoms with Crippen LogP contribution in [0.1, 0.15) is 74.3 Å². The van der Waals surface area contributed by atoms with Gasteiger partial charge in [0.25, 0.3) is 5.91 Å². The van der Waals surface area contributed by atoms with Crippen molar-refractivity contribution in [3.8, 4) is 17.0 Å². The highest BCUT2D eigenvalue weighted by atomic mass is 32.2.